The second-order valence-electron chi connectivity index (χ2n) is 4.29. The molecular formula is C14H12BrN3OS. The fraction of sp³-hybridized carbons (Fsp3) is 0.143. The Kier molecular flexibility index (Phi) is 3.95. The fourth-order valence-corrected chi connectivity index (χ4v) is 3.30. The van der Waals surface area contributed by atoms with Gasteiger partial charge in [-0.05, 0) is 33.1 Å². The molecule has 0 fully saturated rings. The quantitative estimate of drug-likeness (QED) is 0.781. The Labute approximate surface area is 128 Å². The molecule has 0 atom stereocenters. The number of hydrogen-bond donors (Lipinski definition) is 1. The number of hydrogen-bond acceptors (Lipinski definition) is 5. The molecule has 0 saturated carbocycles. The van der Waals surface area contributed by atoms with E-state index in [1.54, 1.807) is 11.3 Å². The van der Waals surface area contributed by atoms with E-state index in [-0.39, 0.29) is 0 Å². The maximum absolute atomic E-state index is 5.73. The van der Waals surface area contributed by atoms with Gasteiger partial charge < -0.3 is 10.3 Å². The van der Waals surface area contributed by atoms with Crippen LogP contribution in [0.25, 0.3) is 10.7 Å². The molecule has 0 aliphatic rings. The highest BCUT2D eigenvalue weighted by molar-refractivity contribution is 9.10. The Morgan fingerprint density at radius 3 is 2.75 bits per heavy atom. The van der Waals surface area contributed by atoms with E-state index in [1.807, 2.05) is 35.7 Å². The largest absolute Gasteiger partial charge is 0.339 e. The minimum absolute atomic E-state index is 0.509. The first-order chi connectivity index (χ1) is 9.76. The van der Waals surface area contributed by atoms with Gasteiger partial charge in [0.05, 0.1) is 11.3 Å². The van der Waals surface area contributed by atoms with Gasteiger partial charge in [0.2, 0.25) is 11.7 Å². The number of nitrogens with two attached hydrogens (primary N) is 1. The zero-order valence-corrected chi connectivity index (χ0v) is 12.9. The molecule has 2 aromatic heterocycles. The van der Waals surface area contributed by atoms with E-state index in [1.165, 1.54) is 0 Å². The Morgan fingerprint density at radius 2 is 2.05 bits per heavy atom. The van der Waals surface area contributed by atoms with Crippen LogP contribution in [0.1, 0.15) is 17.0 Å². The Balaban J connectivity index is 1.84. The molecule has 102 valence electrons. The van der Waals surface area contributed by atoms with Crippen molar-refractivity contribution in [2.24, 2.45) is 5.73 Å². The average Bonchev–Trinajstić information content (AvgIpc) is 3.08. The molecule has 0 aliphatic carbocycles. The molecule has 2 heterocycles. The minimum atomic E-state index is 0.509. The fourth-order valence-electron chi connectivity index (χ4n) is 1.95. The van der Waals surface area contributed by atoms with E-state index in [4.69, 9.17) is 10.3 Å². The number of halogens is 1. The van der Waals surface area contributed by atoms with Crippen LogP contribution in [0.5, 0.6) is 0 Å². The van der Waals surface area contributed by atoms with Crippen molar-refractivity contribution in [3.63, 3.8) is 0 Å². The van der Waals surface area contributed by atoms with Crippen LogP contribution in [0.3, 0.4) is 0 Å². The number of benzene rings is 1. The van der Waals surface area contributed by atoms with Gasteiger partial charge in [-0.3, -0.25) is 0 Å². The molecule has 0 unspecified atom stereocenters. The van der Waals surface area contributed by atoms with Gasteiger partial charge in [-0.25, -0.2) is 0 Å². The molecule has 20 heavy (non-hydrogen) atoms. The van der Waals surface area contributed by atoms with E-state index in [0.717, 1.165) is 20.5 Å². The van der Waals surface area contributed by atoms with Crippen molar-refractivity contribution in [1.29, 1.82) is 0 Å². The van der Waals surface area contributed by atoms with Gasteiger partial charge in [-0.15, -0.1) is 11.3 Å². The predicted molar refractivity (Wildman–Crippen MR) is 82.5 cm³/mol. The van der Waals surface area contributed by atoms with Crippen molar-refractivity contribution in [2.75, 3.05) is 0 Å². The van der Waals surface area contributed by atoms with Crippen LogP contribution in [-0.4, -0.2) is 10.1 Å². The van der Waals surface area contributed by atoms with Gasteiger partial charge in [-0.2, -0.15) is 4.98 Å². The Bertz CT molecular complexity index is 723. The van der Waals surface area contributed by atoms with Crippen molar-refractivity contribution >= 4 is 27.3 Å². The molecule has 2 N–H and O–H groups in total. The second kappa shape index (κ2) is 5.87. The first kappa shape index (κ1) is 13.5. The monoisotopic (exact) mass is 349 g/mol. The predicted octanol–water partition coefficient (Wildman–Crippen LogP) is 3.61. The number of thiophene rings is 1. The van der Waals surface area contributed by atoms with Gasteiger partial charge in [0.1, 0.15) is 0 Å². The summed E-state index contributed by atoms with van der Waals surface area (Å²) >= 11 is 5.00. The maximum Gasteiger partial charge on any atom is 0.231 e. The summed E-state index contributed by atoms with van der Waals surface area (Å²) in [4.78, 5) is 5.42. The first-order valence-corrected chi connectivity index (χ1v) is 7.77. The lowest BCUT2D eigenvalue weighted by atomic mass is 10.0. The normalized spacial score (nSPS) is 10.9. The summed E-state index contributed by atoms with van der Waals surface area (Å²) in [7, 11) is 0. The number of rotatable bonds is 4. The van der Waals surface area contributed by atoms with Crippen LogP contribution in [0.4, 0.5) is 0 Å². The lowest BCUT2D eigenvalue weighted by Gasteiger charge is -2.03. The third-order valence-corrected chi connectivity index (χ3v) is 4.62. The van der Waals surface area contributed by atoms with Crippen LogP contribution in [-0.2, 0) is 13.0 Å². The Hall–Kier alpha value is -1.50. The van der Waals surface area contributed by atoms with Gasteiger partial charge >= 0.3 is 0 Å². The molecule has 0 bridgehead atoms. The van der Waals surface area contributed by atoms with Gasteiger partial charge in [0, 0.05) is 16.4 Å². The minimum Gasteiger partial charge on any atom is -0.339 e. The van der Waals surface area contributed by atoms with Crippen LogP contribution < -0.4 is 5.73 Å². The third-order valence-electron chi connectivity index (χ3n) is 2.94. The average molecular weight is 350 g/mol. The number of aromatic nitrogens is 2. The summed E-state index contributed by atoms with van der Waals surface area (Å²) in [5.74, 6) is 1.23. The molecule has 0 aliphatic heterocycles. The number of nitrogens with zero attached hydrogens (tertiary/aromatic N) is 2. The lowest BCUT2D eigenvalue weighted by molar-refractivity contribution is 0.385. The molecule has 1 aromatic carbocycles. The zero-order chi connectivity index (χ0) is 13.9. The summed E-state index contributed by atoms with van der Waals surface area (Å²) in [6.07, 6.45) is 0.604. The zero-order valence-electron chi connectivity index (χ0n) is 10.5. The van der Waals surface area contributed by atoms with E-state index in [9.17, 15) is 0 Å². The SMILES string of the molecule is NCc1ccccc1Cc1nc(-c2cc(Br)cs2)no1. The first-order valence-electron chi connectivity index (χ1n) is 6.10. The molecular weight excluding hydrogens is 338 g/mol. The van der Waals surface area contributed by atoms with E-state index in [2.05, 4.69) is 26.1 Å². The molecule has 0 amide bonds. The highest BCUT2D eigenvalue weighted by Crippen LogP contribution is 2.28. The van der Waals surface area contributed by atoms with Crippen molar-refractivity contribution in [3.8, 4) is 10.7 Å². The molecule has 4 nitrogen and oxygen atoms in total. The molecule has 0 radical (unpaired) electrons. The maximum atomic E-state index is 5.73. The van der Waals surface area contributed by atoms with Crippen LogP contribution in [0, 0.1) is 0 Å². The summed E-state index contributed by atoms with van der Waals surface area (Å²) in [6.45, 7) is 0.509. The highest BCUT2D eigenvalue weighted by atomic mass is 79.9. The topological polar surface area (TPSA) is 64.9 Å². The van der Waals surface area contributed by atoms with Crippen LogP contribution >= 0.6 is 27.3 Å². The smallest absolute Gasteiger partial charge is 0.231 e. The molecule has 3 aromatic rings. The lowest BCUT2D eigenvalue weighted by Crippen LogP contribution is -2.02. The van der Waals surface area contributed by atoms with Gasteiger partial charge in [0.15, 0.2) is 0 Å². The van der Waals surface area contributed by atoms with E-state index < -0.39 is 0 Å². The van der Waals surface area contributed by atoms with Gasteiger partial charge in [-0.1, -0.05) is 29.4 Å². The third kappa shape index (κ3) is 2.82. The van der Waals surface area contributed by atoms with Crippen molar-refractivity contribution in [1.82, 2.24) is 10.1 Å². The van der Waals surface area contributed by atoms with E-state index in [0.29, 0.717) is 24.7 Å². The van der Waals surface area contributed by atoms with Crippen molar-refractivity contribution in [2.45, 2.75) is 13.0 Å². The molecule has 0 saturated heterocycles. The van der Waals surface area contributed by atoms with Crippen LogP contribution in [0.15, 0.2) is 44.7 Å². The molecule has 3 rings (SSSR count). The molecule has 0 spiro atoms. The summed E-state index contributed by atoms with van der Waals surface area (Å²) in [5.41, 5.74) is 7.96. The van der Waals surface area contributed by atoms with Crippen molar-refractivity contribution in [3.05, 3.63) is 57.2 Å². The van der Waals surface area contributed by atoms with E-state index >= 15 is 0 Å². The summed E-state index contributed by atoms with van der Waals surface area (Å²) in [6, 6.07) is 10.0. The second-order valence-corrected chi connectivity index (χ2v) is 6.12. The van der Waals surface area contributed by atoms with Crippen LogP contribution in [0.2, 0.25) is 0 Å². The Morgan fingerprint density at radius 1 is 1.25 bits per heavy atom. The summed E-state index contributed by atoms with van der Waals surface area (Å²) < 4.78 is 6.35. The molecule has 6 heteroatoms. The van der Waals surface area contributed by atoms with Crippen molar-refractivity contribution < 1.29 is 4.52 Å². The summed E-state index contributed by atoms with van der Waals surface area (Å²) in [5, 5.41) is 6.02. The van der Waals surface area contributed by atoms with Gasteiger partial charge in [0.25, 0.3) is 0 Å². The highest BCUT2D eigenvalue weighted by Gasteiger charge is 2.12. The standard InChI is InChI=1S/C14H12BrN3OS/c15-11-6-12(20-8-11)14-17-13(19-18-14)5-9-3-1-2-4-10(9)7-16/h1-4,6,8H,5,7,16H2.